The molecule has 0 N–H and O–H groups in total. The average molecular weight is 342 g/mol. The monoisotopic (exact) mass is 342 g/mol. The third-order valence-corrected chi connectivity index (χ3v) is 3.14. The first-order valence-electron chi connectivity index (χ1n) is 7.72. The van der Waals surface area contributed by atoms with Crippen molar-refractivity contribution in [1.29, 1.82) is 0 Å². The fourth-order valence-electron chi connectivity index (χ4n) is 1.72. The third-order valence-electron chi connectivity index (χ3n) is 3.14. The summed E-state index contributed by atoms with van der Waals surface area (Å²) in [5, 5.41) is 0. The highest BCUT2D eigenvalue weighted by atomic mass is 16.5. The maximum absolute atomic E-state index is 10.8. The van der Waals surface area contributed by atoms with Crippen LogP contribution in [0, 0.1) is 0 Å². The maximum Gasteiger partial charge on any atom is 0.302 e. The van der Waals surface area contributed by atoms with Crippen LogP contribution in [0.2, 0.25) is 0 Å². The van der Waals surface area contributed by atoms with E-state index in [1.54, 1.807) is 12.2 Å². The summed E-state index contributed by atoms with van der Waals surface area (Å²) in [5.41, 5.74) is -1.34. The van der Waals surface area contributed by atoms with Gasteiger partial charge in [0.2, 0.25) is 0 Å². The van der Waals surface area contributed by atoms with Crippen molar-refractivity contribution in [2.75, 3.05) is 13.2 Å². The van der Waals surface area contributed by atoms with Gasteiger partial charge in [0, 0.05) is 26.7 Å². The fourth-order valence-corrected chi connectivity index (χ4v) is 1.72. The molecule has 0 spiro atoms. The number of carbonyl (C=O) groups excluding carboxylic acids is 3. The molecule has 0 heterocycles. The molecule has 2 unspecified atom stereocenters. The first kappa shape index (κ1) is 24.3. The Morgan fingerprint density at radius 1 is 0.917 bits per heavy atom. The molecule has 0 fully saturated rings. The average Bonchev–Trinajstić information content (AvgIpc) is 2.47. The van der Waals surface area contributed by atoms with Crippen LogP contribution in [0.3, 0.4) is 0 Å². The maximum atomic E-state index is 10.8. The Labute approximate surface area is 144 Å². The molecule has 24 heavy (non-hydrogen) atoms. The topological polar surface area (TPSA) is 78.9 Å². The van der Waals surface area contributed by atoms with Gasteiger partial charge in [0.15, 0.2) is 0 Å². The molecule has 0 aromatic carbocycles. The minimum absolute atomic E-state index is 0.245. The molecule has 0 rings (SSSR count). The Kier molecular flexibility index (Phi) is 12.6. The molecular formula is C18H30O6. The number of hydrogen-bond donors (Lipinski definition) is 0. The number of ether oxygens (including phenoxy) is 3. The van der Waals surface area contributed by atoms with Crippen LogP contribution in [-0.4, -0.2) is 42.6 Å². The molecule has 6 nitrogen and oxygen atoms in total. The molecule has 0 aliphatic carbocycles. The van der Waals surface area contributed by atoms with Crippen molar-refractivity contribution in [3.8, 4) is 0 Å². The highest BCUT2D eigenvalue weighted by molar-refractivity contribution is 5.66. The molecule has 0 aromatic rings. The number of rotatable bonds is 10. The van der Waals surface area contributed by atoms with E-state index in [9.17, 15) is 9.59 Å². The molecule has 2 atom stereocenters. The molecular weight excluding hydrogens is 312 g/mol. The van der Waals surface area contributed by atoms with Crippen molar-refractivity contribution in [2.24, 2.45) is 0 Å². The second-order valence-electron chi connectivity index (χ2n) is 5.55. The highest BCUT2D eigenvalue weighted by Gasteiger charge is 2.32. The lowest BCUT2D eigenvalue weighted by Crippen LogP contribution is -2.40. The van der Waals surface area contributed by atoms with E-state index in [1.807, 2.05) is 13.8 Å². The molecule has 138 valence electrons. The van der Waals surface area contributed by atoms with E-state index < -0.39 is 11.2 Å². The highest BCUT2D eigenvalue weighted by Crippen LogP contribution is 2.28. The third kappa shape index (κ3) is 12.6. The lowest BCUT2D eigenvalue weighted by atomic mass is 9.97. The predicted octanol–water partition coefficient (Wildman–Crippen LogP) is 3.00. The molecule has 6 heteroatoms. The zero-order chi connectivity index (χ0) is 19.2. The van der Waals surface area contributed by atoms with Gasteiger partial charge < -0.3 is 19.0 Å². The summed E-state index contributed by atoms with van der Waals surface area (Å²) in [6.45, 7) is 15.9. The summed E-state index contributed by atoms with van der Waals surface area (Å²) < 4.78 is 15.9. The molecule has 0 bridgehead atoms. The zero-order valence-corrected chi connectivity index (χ0v) is 15.4. The number of hydrogen-bond acceptors (Lipinski definition) is 6. The van der Waals surface area contributed by atoms with Gasteiger partial charge >= 0.3 is 11.9 Å². The summed E-state index contributed by atoms with van der Waals surface area (Å²) in [6.07, 6.45) is 5.05. The number of esters is 2. The van der Waals surface area contributed by atoms with Gasteiger partial charge in [-0.1, -0.05) is 12.2 Å². The summed E-state index contributed by atoms with van der Waals surface area (Å²) >= 11 is 0. The lowest BCUT2D eigenvalue weighted by Gasteiger charge is -2.37. The van der Waals surface area contributed by atoms with Crippen LogP contribution in [0.1, 0.15) is 47.5 Å². The van der Waals surface area contributed by atoms with Crippen LogP contribution in [-0.2, 0) is 28.6 Å². The van der Waals surface area contributed by atoms with Crippen LogP contribution >= 0.6 is 0 Å². The molecule has 0 saturated heterocycles. The normalized spacial score (nSPS) is 14.7. The molecule has 0 radical (unpaired) electrons. The van der Waals surface area contributed by atoms with Gasteiger partial charge in [-0.25, -0.2) is 0 Å². The van der Waals surface area contributed by atoms with Crippen LogP contribution in [0.15, 0.2) is 25.3 Å². The van der Waals surface area contributed by atoms with E-state index in [0.29, 0.717) is 12.8 Å². The first-order chi connectivity index (χ1) is 11.1. The fraction of sp³-hybridized carbons (Fsp3) is 0.611. The smallest absolute Gasteiger partial charge is 0.302 e. The summed E-state index contributed by atoms with van der Waals surface area (Å²) in [5.74, 6) is -0.662. The Bertz CT molecular complexity index is 395. The van der Waals surface area contributed by atoms with Gasteiger partial charge in [0.05, 0.1) is 24.4 Å². The summed E-state index contributed by atoms with van der Waals surface area (Å²) in [7, 11) is 0. The second-order valence-corrected chi connectivity index (χ2v) is 5.55. The summed E-state index contributed by atoms with van der Waals surface area (Å²) in [4.78, 5) is 30.4. The second kappa shape index (κ2) is 12.5. The Hall–Kier alpha value is -1.95. The van der Waals surface area contributed by atoms with E-state index in [-0.39, 0.29) is 25.2 Å². The van der Waals surface area contributed by atoms with Crippen molar-refractivity contribution in [2.45, 2.75) is 58.7 Å². The Balaban J connectivity index is 0. The SMILES string of the molecule is C=CC(C)(CCOC(C)=O)OC(C)(C=C)CCOC(C)=O.CC=O. The van der Waals surface area contributed by atoms with Gasteiger partial charge in [-0.2, -0.15) is 0 Å². The molecule has 0 aromatic heterocycles. The van der Waals surface area contributed by atoms with Gasteiger partial charge in [-0.3, -0.25) is 9.59 Å². The largest absolute Gasteiger partial charge is 0.466 e. The lowest BCUT2D eigenvalue weighted by molar-refractivity contribution is -0.147. The van der Waals surface area contributed by atoms with Crippen LogP contribution in [0.4, 0.5) is 0 Å². The van der Waals surface area contributed by atoms with E-state index in [2.05, 4.69) is 13.2 Å². The van der Waals surface area contributed by atoms with Crippen LogP contribution in [0.5, 0.6) is 0 Å². The predicted molar refractivity (Wildman–Crippen MR) is 92.5 cm³/mol. The van der Waals surface area contributed by atoms with Gasteiger partial charge in [0.1, 0.15) is 6.29 Å². The first-order valence-corrected chi connectivity index (χ1v) is 7.72. The number of aldehydes is 1. The Morgan fingerprint density at radius 3 is 1.42 bits per heavy atom. The van der Waals surface area contributed by atoms with Crippen molar-refractivity contribution in [3.63, 3.8) is 0 Å². The zero-order valence-electron chi connectivity index (χ0n) is 15.4. The minimum atomic E-state index is -0.672. The van der Waals surface area contributed by atoms with Crippen molar-refractivity contribution in [3.05, 3.63) is 25.3 Å². The van der Waals surface area contributed by atoms with E-state index in [0.717, 1.165) is 6.29 Å². The standard InChI is InChI=1S/C16H26O5.C2H4O/c1-7-15(5,9-11-19-13(3)17)21-16(6,8-2)10-12-20-14(4)18;1-2-3/h7-8H,1-2,9-12H2,3-6H3;2H,1H3. The van der Waals surface area contributed by atoms with Crippen LogP contribution < -0.4 is 0 Å². The molecule has 0 aliphatic heterocycles. The minimum Gasteiger partial charge on any atom is -0.466 e. The molecule has 0 saturated carbocycles. The summed E-state index contributed by atoms with van der Waals surface area (Å²) in [6, 6.07) is 0. The van der Waals surface area contributed by atoms with Crippen LogP contribution in [0.25, 0.3) is 0 Å². The van der Waals surface area contributed by atoms with Crippen molar-refractivity contribution in [1.82, 2.24) is 0 Å². The van der Waals surface area contributed by atoms with Gasteiger partial charge in [0.25, 0.3) is 0 Å². The van der Waals surface area contributed by atoms with E-state index in [4.69, 9.17) is 19.0 Å². The molecule has 0 amide bonds. The quantitative estimate of drug-likeness (QED) is 0.345. The molecule has 0 aliphatic rings. The van der Waals surface area contributed by atoms with E-state index >= 15 is 0 Å². The van der Waals surface area contributed by atoms with Crippen molar-refractivity contribution >= 4 is 18.2 Å². The van der Waals surface area contributed by atoms with Gasteiger partial charge in [-0.15, -0.1) is 13.2 Å². The number of carbonyl (C=O) groups is 3. The Morgan fingerprint density at radius 2 is 1.21 bits per heavy atom. The van der Waals surface area contributed by atoms with Gasteiger partial charge in [-0.05, 0) is 20.8 Å². The van der Waals surface area contributed by atoms with Crippen molar-refractivity contribution < 1.29 is 28.6 Å². The van der Waals surface area contributed by atoms with E-state index in [1.165, 1.54) is 20.8 Å².